The molecule has 1 saturated heterocycles. The molecule has 0 unspecified atom stereocenters. The molecule has 2 aromatic carbocycles. The number of hydrogen-bond acceptors (Lipinski definition) is 3. The molecule has 1 fully saturated rings. The zero-order chi connectivity index (χ0) is 17.5. The van der Waals surface area contributed by atoms with Crippen LogP contribution in [0.2, 0.25) is 5.02 Å². The molecule has 1 aliphatic heterocycles. The minimum Gasteiger partial charge on any atom is -0.326 e. The van der Waals surface area contributed by atoms with E-state index in [-0.39, 0.29) is 40.5 Å². The molecule has 0 aromatic heterocycles. The van der Waals surface area contributed by atoms with Crippen LogP contribution < -0.4 is 5.73 Å². The SMILES string of the molecule is Cc1cc(S(=O)(=O)N2C[C@@H](N)[C@H](c3ccccc3)C2)c(Cl)cc1F. The summed E-state index contributed by atoms with van der Waals surface area (Å²) in [4.78, 5) is -0.0796. The summed E-state index contributed by atoms with van der Waals surface area (Å²) in [5.41, 5.74) is 7.41. The minimum atomic E-state index is -3.83. The van der Waals surface area contributed by atoms with Gasteiger partial charge in [-0.3, -0.25) is 0 Å². The Balaban J connectivity index is 1.93. The van der Waals surface area contributed by atoms with Crippen molar-refractivity contribution < 1.29 is 12.8 Å². The molecule has 4 nitrogen and oxygen atoms in total. The normalized spacial score (nSPS) is 22.0. The molecular weight excluding hydrogens is 351 g/mol. The van der Waals surface area contributed by atoms with Gasteiger partial charge in [-0.05, 0) is 30.2 Å². The molecule has 1 aliphatic rings. The summed E-state index contributed by atoms with van der Waals surface area (Å²) in [7, 11) is -3.83. The first-order valence-corrected chi connectivity index (χ1v) is 9.39. The molecule has 0 radical (unpaired) electrons. The summed E-state index contributed by atoms with van der Waals surface area (Å²) < 4.78 is 40.7. The molecule has 3 rings (SSSR count). The first-order valence-electron chi connectivity index (χ1n) is 7.57. The van der Waals surface area contributed by atoms with Crippen molar-refractivity contribution >= 4 is 21.6 Å². The highest BCUT2D eigenvalue weighted by Gasteiger charge is 2.39. The van der Waals surface area contributed by atoms with Crippen molar-refractivity contribution in [3.05, 3.63) is 64.4 Å². The molecule has 0 spiro atoms. The Labute approximate surface area is 146 Å². The van der Waals surface area contributed by atoms with Crippen LogP contribution in [0.25, 0.3) is 0 Å². The molecule has 0 aliphatic carbocycles. The number of benzene rings is 2. The van der Waals surface area contributed by atoms with Crippen LogP contribution >= 0.6 is 11.6 Å². The summed E-state index contributed by atoms with van der Waals surface area (Å²) in [5, 5.41) is -0.116. The maximum atomic E-state index is 13.6. The Bertz CT molecular complexity index is 858. The average Bonchev–Trinajstić information content (AvgIpc) is 2.94. The number of sulfonamides is 1. The summed E-state index contributed by atoms with van der Waals surface area (Å²) in [6.45, 7) is 1.99. The van der Waals surface area contributed by atoms with Crippen LogP contribution in [-0.4, -0.2) is 31.9 Å². The van der Waals surface area contributed by atoms with Gasteiger partial charge < -0.3 is 5.73 Å². The zero-order valence-electron chi connectivity index (χ0n) is 13.1. The fourth-order valence-electron chi connectivity index (χ4n) is 3.01. The molecule has 1 heterocycles. The van der Waals surface area contributed by atoms with Gasteiger partial charge in [0.2, 0.25) is 10.0 Å². The molecule has 0 amide bonds. The van der Waals surface area contributed by atoms with Crippen LogP contribution in [0.1, 0.15) is 17.0 Å². The van der Waals surface area contributed by atoms with Gasteiger partial charge in [0.05, 0.1) is 5.02 Å². The highest BCUT2D eigenvalue weighted by Crippen LogP contribution is 2.33. The summed E-state index contributed by atoms with van der Waals surface area (Å²) in [5.74, 6) is -0.611. The van der Waals surface area contributed by atoms with Gasteiger partial charge in [-0.1, -0.05) is 41.9 Å². The molecule has 0 saturated carbocycles. The van der Waals surface area contributed by atoms with Crippen LogP contribution in [0.15, 0.2) is 47.4 Å². The van der Waals surface area contributed by atoms with Crippen LogP contribution in [0.5, 0.6) is 0 Å². The van der Waals surface area contributed by atoms with E-state index in [4.69, 9.17) is 17.3 Å². The van der Waals surface area contributed by atoms with Gasteiger partial charge in [0, 0.05) is 25.0 Å². The number of nitrogens with zero attached hydrogens (tertiary/aromatic N) is 1. The second-order valence-electron chi connectivity index (χ2n) is 6.03. The van der Waals surface area contributed by atoms with Crippen molar-refractivity contribution in [3.8, 4) is 0 Å². The first kappa shape index (κ1) is 17.4. The van der Waals surface area contributed by atoms with Gasteiger partial charge in [0.25, 0.3) is 0 Å². The fraction of sp³-hybridized carbons (Fsp3) is 0.294. The quantitative estimate of drug-likeness (QED) is 0.906. The van der Waals surface area contributed by atoms with E-state index in [0.717, 1.165) is 11.6 Å². The number of nitrogens with two attached hydrogens (primary N) is 1. The number of hydrogen-bond donors (Lipinski definition) is 1. The molecule has 2 aromatic rings. The van der Waals surface area contributed by atoms with E-state index in [1.54, 1.807) is 0 Å². The molecule has 7 heteroatoms. The largest absolute Gasteiger partial charge is 0.326 e. The average molecular weight is 369 g/mol. The van der Waals surface area contributed by atoms with Crippen LogP contribution in [0.4, 0.5) is 4.39 Å². The van der Waals surface area contributed by atoms with Crippen molar-refractivity contribution in [2.75, 3.05) is 13.1 Å². The Kier molecular flexibility index (Phi) is 4.66. The van der Waals surface area contributed by atoms with Crippen LogP contribution in [0, 0.1) is 12.7 Å². The molecule has 2 N–H and O–H groups in total. The van der Waals surface area contributed by atoms with Crippen molar-refractivity contribution in [2.24, 2.45) is 5.73 Å². The van der Waals surface area contributed by atoms with Gasteiger partial charge in [0.15, 0.2) is 0 Å². The molecular formula is C17H18ClFN2O2S. The highest BCUT2D eigenvalue weighted by atomic mass is 35.5. The fourth-order valence-corrected chi connectivity index (χ4v) is 5.09. The number of halogens is 2. The lowest BCUT2D eigenvalue weighted by Gasteiger charge is -2.18. The number of aryl methyl sites for hydroxylation is 1. The van der Waals surface area contributed by atoms with Crippen molar-refractivity contribution in [1.82, 2.24) is 4.31 Å². The predicted molar refractivity (Wildman–Crippen MR) is 92.1 cm³/mol. The van der Waals surface area contributed by atoms with Gasteiger partial charge in [-0.15, -0.1) is 0 Å². The van der Waals surface area contributed by atoms with Gasteiger partial charge in [0.1, 0.15) is 10.7 Å². The number of rotatable bonds is 3. The van der Waals surface area contributed by atoms with Crippen LogP contribution in [-0.2, 0) is 10.0 Å². The lowest BCUT2D eigenvalue weighted by molar-refractivity contribution is 0.470. The van der Waals surface area contributed by atoms with Gasteiger partial charge in [-0.25, -0.2) is 12.8 Å². The second-order valence-corrected chi connectivity index (χ2v) is 8.35. The second kappa shape index (κ2) is 6.44. The van der Waals surface area contributed by atoms with E-state index in [1.165, 1.54) is 17.3 Å². The van der Waals surface area contributed by atoms with E-state index in [0.29, 0.717) is 0 Å². The Morgan fingerprint density at radius 1 is 1.21 bits per heavy atom. The van der Waals surface area contributed by atoms with E-state index in [2.05, 4.69) is 0 Å². The molecule has 2 atom stereocenters. The lowest BCUT2D eigenvalue weighted by atomic mass is 9.95. The summed E-state index contributed by atoms with van der Waals surface area (Å²) in [6.07, 6.45) is 0. The third-order valence-electron chi connectivity index (χ3n) is 4.39. The van der Waals surface area contributed by atoms with E-state index >= 15 is 0 Å². The highest BCUT2D eigenvalue weighted by molar-refractivity contribution is 7.89. The monoisotopic (exact) mass is 368 g/mol. The van der Waals surface area contributed by atoms with Crippen molar-refractivity contribution in [1.29, 1.82) is 0 Å². The zero-order valence-corrected chi connectivity index (χ0v) is 14.7. The van der Waals surface area contributed by atoms with E-state index in [1.807, 2.05) is 30.3 Å². The third-order valence-corrected chi connectivity index (χ3v) is 6.69. The maximum absolute atomic E-state index is 13.6. The van der Waals surface area contributed by atoms with Gasteiger partial charge >= 0.3 is 0 Å². The molecule has 0 bridgehead atoms. The minimum absolute atomic E-state index is 0.0796. The Morgan fingerprint density at radius 2 is 1.88 bits per heavy atom. The lowest BCUT2D eigenvalue weighted by Crippen LogP contribution is -2.32. The maximum Gasteiger partial charge on any atom is 0.244 e. The smallest absolute Gasteiger partial charge is 0.244 e. The van der Waals surface area contributed by atoms with Crippen LogP contribution in [0.3, 0.4) is 0 Å². The third kappa shape index (κ3) is 3.07. The first-order chi connectivity index (χ1) is 11.3. The molecule has 128 valence electrons. The molecule has 24 heavy (non-hydrogen) atoms. The van der Waals surface area contributed by atoms with Crippen molar-refractivity contribution in [3.63, 3.8) is 0 Å². The Hall–Kier alpha value is -1.47. The van der Waals surface area contributed by atoms with Crippen molar-refractivity contribution in [2.45, 2.75) is 23.8 Å². The Morgan fingerprint density at radius 3 is 2.54 bits per heavy atom. The van der Waals surface area contributed by atoms with E-state index < -0.39 is 15.8 Å². The summed E-state index contributed by atoms with van der Waals surface area (Å²) in [6, 6.07) is 11.6. The predicted octanol–water partition coefficient (Wildman–Crippen LogP) is 2.90. The van der Waals surface area contributed by atoms with E-state index in [9.17, 15) is 12.8 Å². The summed E-state index contributed by atoms with van der Waals surface area (Å²) >= 11 is 5.98. The topological polar surface area (TPSA) is 63.4 Å². The van der Waals surface area contributed by atoms with Gasteiger partial charge in [-0.2, -0.15) is 4.31 Å². The standard InChI is InChI=1S/C17H18ClFN2O2S/c1-11-7-17(14(18)8-15(11)19)24(22,23)21-9-13(16(20)10-21)12-5-3-2-4-6-12/h2-8,13,16H,9-10,20H2,1H3/t13-,16+/m0/s1.